The van der Waals surface area contributed by atoms with Crippen molar-refractivity contribution in [3.63, 3.8) is 0 Å². The molecule has 0 radical (unpaired) electrons. The summed E-state index contributed by atoms with van der Waals surface area (Å²) in [5, 5.41) is 25.6. The number of rotatable bonds is 6. The highest BCUT2D eigenvalue weighted by molar-refractivity contribution is 8.15. The second kappa shape index (κ2) is 7.78. The van der Waals surface area contributed by atoms with Gasteiger partial charge >= 0.3 is 5.82 Å². The number of thioether (sulfide) groups is 1. The van der Waals surface area contributed by atoms with E-state index in [1.165, 1.54) is 28.7 Å². The monoisotopic (exact) mass is 374 g/mol. The van der Waals surface area contributed by atoms with Gasteiger partial charge in [-0.3, -0.25) is 4.79 Å². The zero-order chi connectivity index (χ0) is 18.5. The molecule has 1 amide bonds. The first kappa shape index (κ1) is 17.6. The predicted octanol–water partition coefficient (Wildman–Crippen LogP) is 1.69. The van der Waals surface area contributed by atoms with Crippen molar-refractivity contribution in [3.8, 4) is 5.75 Å². The molecule has 10 nitrogen and oxygen atoms in total. The topological polar surface area (TPSA) is 124 Å². The molecule has 134 valence electrons. The average molecular weight is 374 g/mol. The number of nitrogens with zero attached hydrogens (tertiary/aromatic N) is 5. The van der Waals surface area contributed by atoms with Crippen LogP contribution in [0.15, 0.2) is 40.5 Å². The van der Waals surface area contributed by atoms with Crippen molar-refractivity contribution in [2.45, 2.75) is 13.7 Å². The van der Waals surface area contributed by atoms with Gasteiger partial charge in [0, 0.05) is 5.56 Å². The van der Waals surface area contributed by atoms with Gasteiger partial charge in [-0.15, -0.1) is 9.78 Å². The van der Waals surface area contributed by atoms with Crippen molar-refractivity contribution in [2.75, 3.05) is 5.75 Å². The third-order valence-electron chi connectivity index (χ3n) is 3.35. The lowest BCUT2D eigenvalue weighted by Crippen LogP contribution is -2.19. The van der Waals surface area contributed by atoms with E-state index in [-0.39, 0.29) is 18.5 Å². The number of carbonyl (C=O) groups is 1. The molecule has 1 aliphatic rings. The zero-order valence-corrected chi connectivity index (χ0v) is 14.5. The van der Waals surface area contributed by atoms with Crippen LogP contribution in [0.5, 0.6) is 5.75 Å². The first-order valence-electron chi connectivity index (χ1n) is 7.47. The number of ether oxygens (including phenoxy) is 1. The van der Waals surface area contributed by atoms with E-state index in [1.807, 2.05) is 6.07 Å². The van der Waals surface area contributed by atoms with E-state index in [4.69, 9.17) is 4.74 Å². The van der Waals surface area contributed by atoms with E-state index < -0.39 is 4.92 Å². The van der Waals surface area contributed by atoms with Gasteiger partial charge in [-0.2, -0.15) is 5.10 Å². The summed E-state index contributed by atoms with van der Waals surface area (Å²) in [5.41, 5.74) is 1.29. The zero-order valence-electron chi connectivity index (χ0n) is 13.7. The van der Waals surface area contributed by atoms with Crippen LogP contribution in [0.4, 0.5) is 5.82 Å². The summed E-state index contributed by atoms with van der Waals surface area (Å²) < 4.78 is 7.10. The molecule has 1 aromatic heterocycles. The molecule has 0 bridgehead atoms. The van der Waals surface area contributed by atoms with Crippen LogP contribution in [-0.4, -0.2) is 37.7 Å². The molecule has 3 rings (SSSR count). The highest BCUT2D eigenvalue weighted by atomic mass is 32.2. The fraction of sp³-hybridized carbons (Fsp3) is 0.200. The summed E-state index contributed by atoms with van der Waals surface area (Å²) in [7, 11) is 0. The van der Waals surface area contributed by atoms with Crippen molar-refractivity contribution in [1.29, 1.82) is 0 Å². The van der Waals surface area contributed by atoms with Crippen molar-refractivity contribution >= 4 is 34.9 Å². The second-order valence-electron chi connectivity index (χ2n) is 5.20. The lowest BCUT2D eigenvalue weighted by Gasteiger charge is -2.07. The van der Waals surface area contributed by atoms with Gasteiger partial charge in [-0.25, -0.2) is 0 Å². The number of amidine groups is 1. The Bertz CT molecular complexity index is 907. The quantitative estimate of drug-likeness (QED) is 0.466. The number of para-hydroxylation sites is 1. The molecule has 0 atom stereocenters. The number of hydrogen-bond acceptors (Lipinski definition) is 8. The fourth-order valence-corrected chi connectivity index (χ4v) is 2.72. The van der Waals surface area contributed by atoms with Gasteiger partial charge in [0.2, 0.25) is 12.6 Å². The minimum Gasteiger partial charge on any atom is -0.469 e. The molecule has 1 fully saturated rings. The molecular formula is C15H14N6O4S. The van der Waals surface area contributed by atoms with Crippen molar-refractivity contribution in [2.24, 2.45) is 10.2 Å². The molecule has 1 saturated heterocycles. The van der Waals surface area contributed by atoms with E-state index in [9.17, 15) is 14.9 Å². The Balaban J connectivity index is 1.69. The maximum absolute atomic E-state index is 11.1. The number of amides is 1. The molecule has 0 aliphatic carbocycles. The second-order valence-corrected chi connectivity index (χ2v) is 6.16. The minimum atomic E-state index is -0.552. The van der Waals surface area contributed by atoms with Gasteiger partial charge in [-0.1, -0.05) is 23.9 Å². The highest BCUT2D eigenvalue weighted by Crippen LogP contribution is 2.18. The van der Waals surface area contributed by atoms with Gasteiger partial charge in [0.1, 0.15) is 5.75 Å². The van der Waals surface area contributed by atoms with Crippen LogP contribution in [0.25, 0.3) is 0 Å². The average Bonchev–Trinajstić information content (AvgIpc) is 3.20. The standard InChI is InChI=1S/C15H14N6O4S/c1-10-6-13(21(23)24)19-20(10)9-25-12-5-3-2-4-11(12)7-16-18-15-17-14(22)8-26-15/h2-7H,8-9H2,1H3,(H,17,18,22). The molecule has 1 aromatic carbocycles. The Kier molecular flexibility index (Phi) is 5.27. The van der Waals surface area contributed by atoms with Crippen molar-refractivity contribution < 1.29 is 14.5 Å². The SMILES string of the molecule is Cc1cc([N+](=O)[O-])nn1COc1ccccc1C=NN=C1NC(=O)CS1. The summed E-state index contributed by atoms with van der Waals surface area (Å²) in [4.78, 5) is 21.3. The third kappa shape index (κ3) is 4.25. The molecule has 1 N–H and O–H groups in total. The number of hydrogen-bond donors (Lipinski definition) is 1. The number of nitro groups is 1. The molecule has 0 saturated carbocycles. The largest absolute Gasteiger partial charge is 0.469 e. The van der Waals surface area contributed by atoms with Crippen molar-refractivity contribution in [3.05, 3.63) is 51.7 Å². The molecule has 11 heteroatoms. The summed E-state index contributed by atoms with van der Waals surface area (Å²) in [6.07, 6.45) is 1.51. The third-order valence-corrected chi connectivity index (χ3v) is 4.21. The molecule has 1 aliphatic heterocycles. The van der Waals surface area contributed by atoms with Crippen LogP contribution in [0.1, 0.15) is 11.3 Å². The maximum Gasteiger partial charge on any atom is 0.390 e. The molecule has 0 spiro atoms. The Morgan fingerprint density at radius 3 is 3.00 bits per heavy atom. The number of aryl methyl sites for hydroxylation is 1. The molecule has 0 unspecified atom stereocenters. The molecule has 2 aromatic rings. The van der Waals surface area contributed by atoms with Crippen LogP contribution in [0, 0.1) is 17.0 Å². The van der Waals surface area contributed by atoms with Gasteiger partial charge in [0.05, 0.1) is 28.8 Å². The molecular weight excluding hydrogens is 360 g/mol. The molecule has 2 heterocycles. The van der Waals surface area contributed by atoms with E-state index in [0.29, 0.717) is 27.9 Å². The van der Waals surface area contributed by atoms with E-state index in [1.54, 1.807) is 25.1 Å². The molecule has 26 heavy (non-hydrogen) atoms. The van der Waals surface area contributed by atoms with Crippen LogP contribution in [0.3, 0.4) is 0 Å². The fourth-order valence-electron chi connectivity index (χ4n) is 2.08. The van der Waals surface area contributed by atoms with Gasteiger partial charge < -0.3 is 20.2 Å². The predicted molar refractivity (Wildman–Crippen MR) is 96.3 cm³/mol. The van der Waals surface area contributed by atoms with Gasteiger partial charge in [0.15, 0.2) is 5.17 Å². The van der Waals surface area contributed by atoms with Gasteiger partial charge in [0.25, 0.3) is 0 Å². The Morgan fingerprint density at radius 1 is 1.50 bits per heavy atom. The first-order chi connectivity index (χ1) is 12.5. The normalized spacial score (nSPS) is 15.6. The number of nitrogens with one attached hydrogen (secondary N) is 1. The Morgan fingerprint density at radius 2 is 2.31 bits per heavy atom. The van der Waals surface area contributed by atoms with Crippen LogP contribution in [-0.2, 0) is 11.5 Å². The maximum atomic E-state index is 11.1. The van der Waals surface area contributed by atoms with E-state index >= 15 is 0 Å². The summed E-state index contributed by atoms with van der Waals surface area (Å²) in [6, 6.07) is 8.52. The van der Waals surface area contributed by atoms with Crippen molar-refractivity contribution in [1.82, 2.24) is 15.1 Å². The van der Waals surface area contributed by atoms with Crippen LogP contribution >= 0.6 is 11.8 Å². The van der Waals surface area contributed by atoms with E-state index in [0.717, 1.165) is 0 Å². The van der Waals surface area contributed by atoms with Crippen LogP contribution < -0.4 is 10.1 Å². The number of carbonyl (C=O) groups excluding carboxylic acids is 1. The minimum absolute atomic E-state index is 0.0188. The summed E-state index contributed by atoms with van der Waals surface area (Å²) in [6.45, 7) is 1.73. The lowest BCUT2D eigenvalue weighted by molar-refractivity contribution is -0.389. The highest BCUT2D eigenvalue weighted by Gasteiger charge is 2.17. The smallest absolute Gasteiger partial charge is 0.390 e. The van der Waals surface area contributed by atoms with Gasteiger partial charge in [-0.05, 0) is 24.0 Å². The summed E-state index contributed by atoms with van der Waals surface area (Å²) >= 11 is 1.28. The van der Waals surface area contributed by atoms with E-state index in [2.05, 4.69) is 20.6 Å². The Labute approximate surface area is 152 Å². The number of aromatic nitrogens is 2. The lowest BCUT2D eigenvalue weighted by atomic mass is 10.2. The Hall–Kier alpha value is -3.21. The first-order valence-corrected chi connectivity index (χ1v) is 8.46. The van der Waals surface area contributed by atoms with Crippen LogP contribution in [0.2, 0.25) is 0 Å². The number of benzene rings is 1. The summed E-state index contributed by atoms with van der Waals surface area (Å²) in [5.74, 6) is 0.532.